The first-order chi connectivity index (χ1) is 14.7. The van der Waals surface area contributed by atoms with Crippen LogP contribution in [-0.4, -0.2) is 47.1 Å². The molecule has 3 rings (SSSR count). The summed E-state index contributed by atoms with van der Waals surface area (Å²) >= 11 is 0. The third kappa shape index (κ3) is 6.01. The molecule has 8 heteroatoms. The van der Waals surface area contributed by atoms with E-state index in [1.165, 1.54) is 11.1 Å². The van der Waals surface area contributed by atoms with Gasteiger partial charge in [0, 0.05) is 18.6 Å². The molecule has 0 bridgehead atoms. The number of nitrogens with zero attached hydrogens (tertiary/aromatic N) is 4. The highest BCUT2D eigenvalue weighted by atomic mass is 16.5. The van der Waals surface area contributed by atoms with E-state index in [2.05, 4.69) is 26.9 Å². The molecule has 0 unspecified atom stereocenters. The van der Waals surface area contributed by atoms with Gasteiger partial charge in [-0.15, -0.1) is 5.10 Å². The number of rotatable bonds is 12. The van der Waals surface area contributed by atoms with E-state index in [1.807, 2.05) is 50.2 Å². The highest BCUT2D eigenvalue weighted by molar-refractivity contribution is 5.43. The summed E-state index contributed by atoms with van der Waals surface area (Å²) in [5, 5.41) is 14.2. The van der Waals surface area contributed by atoms with Crippen LogP contribution in [0, 0.1) is 6.92 Å². The van der Waals surface area contributed by atoms with E-state index in [1.54, 1.807) is 11.8 Å². The molecule has 1 aromatic heterocycles. The van der Waals surface area contributed by atoms with E-state index in [4.69, 9.17) is 14.2 Å². The van der Waals surface area contributed by atoms with Crippen LogP contribution >= 0.6 is 0 Å². The quantitative estimate of drug-likeness (QED) is 0.458. The number of tetrazole rings is 1. The maximum absolute atomic E-state index is 5.97. The molecule has 0 aliphatic carbocycles. The van der Waals surface area contributed by atoms with Gasteiger partial charge in [-0.3, -0.25) is 0 Å². The third-order valence-corrected chi connectivity index (χ3v) is 4.68. The van der Waals surface area contributed by atoms with E-state index in [0.717, 1.165) is 38.4 Å². The fourth-order valence-corrected chi connectivity index (χ4v) is 3.03. The summed E-state index contributed by atoms with van der Waals surface area (Å²) < 4.78 is 18.5. The SMILES string of the molecule is CCOCCC[NH2+]Cc1ccc(OCc2nnnn2-c2ccc(C)cc2)c(OC)c1. The van der Waals surface area contributed by atoms with Crippen LogP contribution in [0.2, 0.25) is 0 Å². The van der Waals surface area contributed by atoms with Gasteiger partial charge in [0.1, 0.15) is 6.54 Å². The van der Waals surface area contributed by atoms with Gasteiger partial charge >= 0.3 is 0 Å². The molecule has 1 heterocycles. The number of hydrogen-bond acceptors (Lipinski definition) is 6. The van der Waals surface area contributed by atoms with Gasteiger partial charge in [-0.05, 0) is 54.6 Å². The highest BCUT2D eigenvalue weighted by Gasteiger charge is 2.12. The molecule has 2 aromatic carbocycles. The number of ether oxygens (including phenoxy) is 3. The predicted octanol–water partition coefficient (Wildman–Crippen LogP) is 2.05. The van der Waals surface area contributed by atoms with Gasteiger partial charge in [-0.1, -0.05) is 17.7 Å². The first-order valence-corrected chi connectivity index (χ1v) is 10.2. The molecule has 0 spiro atoms. The largest absolute Gasteiger partial charge is 0.493 e. The van der Waals surface area contributed by atoms with Crippen LogP contribution in [0.5, 0.6) is 11.5 Å². The number of methoxy groups -OCH3 is 1. The van der Waals surface area contributed by atoms with Crippen LogP contribution in [0.3, 0.4) is 0 Å². The van der Waals surface area contributed by atoms with Gasteiger partial charge in [0.15, 0.2) is 23.9 Å². The second kappa shape index (κ2) is 11.3. The minimum atomic E-state index is 0.236. The lowest BCUT2D eigenvalue weighted by Gasteiger charge is -2.12. The van der Waals surface area contributed by atoms with Crippen molar-refractivity contribution in [2.75, 3.05) is 26.9 Å². The third-order valence-electron chi connectivity index (χ3n) is 4.68. The van der Waals surface area contributed by atoms with Crippen molar-refractivity contribution in [2.45, 2.75) is 33.4 Å². The molecule has 0 saturated heterocycles. The topological polar surface area (TPSA) is 87.9 Å². The van der Waals surface area contributed by atoms with E-state index in [0.29, 0.717) is 17.3 Å². The first-order valence-electron chi connectivity index (χ1n) is 10.2. The fraction of sp³-hybridized carbons (Fsp3) is 0.409. The average molecular weight is 413 g/mol. The van der Waals surface area contributed by atoms with E-state index in [9.17, 15) is 0 Å². The number of quaternary nitrogens is 1. The molecular formula is C22H30N5O3+. The smallest absolute Gasteiger partial charge is 0.194 e. The van der Waals surface area contributed by atoms with Gasteiger partial charge in [-0.25, -0.2) is 0 Å². The van der Waals surface area contributed by atoms with Crippen LogP contribution in [0.15, 0.2) is 42.5 Å². The molecule has 30 heavy (non-hydrogen) atoms. The highest BCUT2D eigenvalue weighted by Crippen LogP contribution is 2.28. The lowest BCUT2D eigenvalue weighted by atomic mass is 10.2. The second-order valence-electron chi connectivity index (χ2n) is 6.95. The number of benzene rings is 2. The Morgan fingerprint density at radius 1 is 1.07 bits per heavy atom. The van der Waals surface area contributed by atoms with E-state index >= 15 is 0 Å². The zero-order chi connectivity index (χ0) is 21.2. The van der Waals surface area contributed by atoms with Crippen LogP contribution < -0.4 is 14.8 Å². The molecule has 0 aliphatic heterocycles. The lowest BCUT2D eigenvalue weighted by Crippen LogP contribution is -2.82. The summed E-state index contributed by atoms with van der Waals surface area (Å²) in [7, 11) is 1.65. The molecule has 0 radical (unpaired) electrons. The summed E-state index contributed by atoms with van der Waals surface area (Å²) in [5.41, 5.74) is 3.26. The monoisotopic (exact) mass is 412 g/mol. The van der Waals surface area contributed by atoms with Crippen molar-refractivity contribution in [3.63, 3.8) is 0 Å². The van der Waals surface area contributed by atoms with E-state index < -0.39 is 0 Å². The summed E-state index contributed by atoms with van der Waals surface area (Å²) in [6, 6.07) is 14.0. The second-order valence-corrected chi connectivity index (χ2v) is 6.95. The molecule has 0 fully saturated rings. The Morgan fingerprint density at radius 3 is 2.67 bits per heavy atom. The van der Waals surface area contributed by atoms with Crippen LogP contribution in [0.25, 0.3) is 5.69 Å². The number of hydrogen-bond donors (Lipinski definition) is 1. The lowest BCUT2D eigenvalue weighted by molar-refractivity contribution is -0.671. The van der Waals surface area contributed by atoms with Crippen molar-refractivity contribution in [1.82, 2.24) is 20.2 Å². The van der Waals surface area contributed by atoms with Gasteiger partial charge in [0.25, 0.3) is 0 Å². The van der Waals surface area contributed by atoms with Gasteiger partial charge in [-0.2, -0.15) is 4.68 Å². The molecule has 0 atom stereocenters. The Labute approximate surface area is 177 Å². The van der Waals surface area contributed by atoms with Crippen molar-refractivity contribution < 1.29 is 19.5 Å². The summed E-state index contributed by atoms with van der Waals surface area (Å²) in [6.45, 7) is 7.79. The normalized spacial score (nSPS) is 10.9. The Balaban J connectivity index is 1.58. The molecule has 2 N–H and O–H groups in total. The van der Waals surface area contributed by atoms with Crippen molar-refractivity contribution in [1.29, 1.82) is 0 Å². The molecule has 8 nitrogen and oxygen atoms in total. The van der Waals surface area contributed by atoms with Gasteiger partial charge in [0.2, 0.25) is 0 Å². The van der Waals surface area contributed by atoms with Crippen LogP contribution in [0.1, 0.15) is 30.3 Å². The number of aryl methyl sites for hydroxylation is 1. The van der Waals surface area contributed by atoms with Gasteiger partial charge < -0.3 is 19.5 Å². The van der Waals surface area contributed by atoms with E-state index in [-0.39, 0.29) is 6.61 Å². The maximum Gasteiger partial charge on any atom is 0.194 e. The van der Waals surface area contributed by atoms with Crippen LogP contribution in [-0.2, 0) is 17.9 Å². The summed E-state index contributed by atoms with van der Waals surface area (Å²) in [5.74, 6) is 1.98. The van der Waals surface area contributed by atoms with Crippen molar-refractivity contribution in [3.8, 4) is 17.2 Å². The van der Waals surface area contributed by atoms with Crippen LogP contribution in [0.4, 0.5) is 0 Å². The number of aromatic nitrogens is 4. The van der Waals surface area contributed by atoms with Crippen molar-refractivity contribution in [2.24, 2.45) is 0 Å². The zero-order valence-corrected chi connectivity index (χ0v) is 17.9. The summed E-state index contributed by atoms with van der Waals surface area (Å²) in [6.07, 6.45) is 1.04. The maximum atomic E-state index is 5.97. The Morgan fingerprint density at radius 2 is 1.90 bits per heavy atom. The predicted molar refractivity (Wildman–Crippen MR) is 113 cm³/mol. The minimum Gasteiger partial charge on any atom is -0.493 e. The molecular weight excluding hydrogens is 382 g/mol. The molecule has 3 aromatic rings. The molecule has 160 valence electrons. The molecule has 0 aliphatic rings. The number of nitrogens with two attached hydrogens (primary N) is 1. The van der Waals surface area contributed by atoms with Crippen molar-refractivity contribution in [3.05, 3.63) is 59.4 Å². The fourth-order valence-electron chi connectivity index (χ4n) is 3.03. The Kier molecular flexibility index (Phi) is 8.17. The standard InChI is InChI=1S/C22H29N5O3/c1-4-29-13-5-12-23-15-18-8-11-20(21(14-18)28-3)30-16-22-24-25-26-27(22)19-9-6-17(2)7-10-19/h6-11,14,23H,4-5,12-13,15-16H2,1-3H3/p+1. The Hall–Kier alpha value is -2.97. The first kappa shape index (κ1) is 21.7. The minimum absolute atomic E-state index is 0.236. The van der Waals surface area contributed by atoms with Crippen molar-refractivity contribution >= 4 is 0 Å². The molecule has 0 saturated carbocycles. The zero-order valence-electron chi connectivity index (χ0n) is 17.9. The Bertz CT molecular complexity index is 911. The average Bonchev–Trinajstić information content (AvgIpc) is 3.24. The van der Waals surface area contributed by atoms with Gasteiger partial charge in [0.05, 0.1) is 25.9 Å². The molecule has 0 amide bonds. The summed E-state index contributed by atoms with van der Waals surface area (Å²) in [4.78, 5) is 0.